The van der Waals surface area contributed by atoms with Crippen LogP contribution in [0.1, 0.15) is 26.1 Å². The number of hydrogen-bond acceptors (Lipinski definition) is 3. The smallest absolute Gasteiger partial charge is 0.230 e. The zero-order valence-electron chi connectivity index (χ0n) is 9.90. The van der Waals surface area contributed by atoms with E-state index in [9.17, 15) is 4.79 Å². The number of nitrogens with one attached hydrogen (secondary N) is 1. The highest BCUT2D eigenvalue weighted by molar-refractivity contribution is 7.99. The topological polar surface area (TPSA) is 46.9 Å². The van der Waals surface area contributed by atoms with Gasteiger partial charge in [-0.05, 0) is 12.2 Å². The average molecular weight is 241 g/mol. The Morgan fingerprint density at radius 1 is 1.56 bits per heavy atom. The first-order valence-corrected chi connectivity index (χ1v) is 6.77. The second-order valence-electron chi connectivity index (χ2n) is 3.45. The van der Waals surface area contributed by atoms with Gasteiger partial charge in [-0.15, -0.1) is 0 Å². The highest BCUT2D eigenvalue weighted by atomic mass is 32.2. The molecule has 0 spiro atoms. The van der Waals surface area contributed by atoms with Gasteiger partial charge < -0.3 is 9.88 Å². The van der Waals surface area contributed by atoms with E-state index in [1.54, 1.807) is 18.0 Å². The molecule has 0 bridgehead atoms. The molecule has 0 saturated carbocycles. The summed E-state index contributed by atoms with van der Waals surface area (Å²) in [6.45, 7) is 5.65. The van der Waals surface area contributed by atoms with Crippen molar-refractivity contribution >= 4 is 17.7 Å². The molecule has 1 heterocycles. The molecular weight excluding hydrogens is 222 g/mol. The molecule has 5 heteroatoms. The van der Waals surface area contributed by atoms with Crippen LogP contribution in [0.5, 0.6) is 0 Å². The second kappa shape index (κ2) is 7.33. The van der Waals surface area contributed by atoms with Crippen molar-refractivity contribution in [1.82, 2.24) is 14.9 Å². The number of carbonyl (C=O) groups is 1. The lowest BCUT2D eigenvalue weighted by molar-refractivity contribution is -0.118. The largest absolute Gasteiger partial charge is 0.348 e. The van der Waals surface area contributed by atoms with E-state index in [0.717, 1.165) is 24.5 Å². The summed E-state index contributed by atoms with van der Waals surface area (Å²) in [5.41, 5.74) is 0. The molecule has 0 aliphatic carbocycles. The summed E-state index contributed by atoms with van der Waals surface area (Å²) in [6, 6.07) is 0. The van der Waals surface area contributed by atoms with Gasteiger partial charge in [-0.2, -0.15) is 11.8 Å². The molecule has 0 aliphatic heterocycles. The Morgan fingerprint density at radius 2 is 2.38 bits per heavy atom. The third kappa shape index (κ3) is 4.26. The monoisotopic (exact) mass is 241 g/mol. The van der Waals surface area contributed by atoms with Crippen molar-refractivity contribution in [1.29, 1.82) is 0 Å². The summed E-state index contributed by atoms with van der Waals surface area (Å²) in [6.07, 6.45) is 4.80. The molecule has 16 heavy (non-hydrogen) atoms. The number of nitrogens with zero attached hydrogens (tertiary/aromatic N) is 2. The van der Waals surface area contributed by atoms with E-state index in [4.69, 9.17) is 0 Å². The van der Waals surface area contributed by atoms with Gasteiger partial charge >= 0.3 is 0 Å². The lowest BCUT2D eigenvalue weighted by Crippen LogP contribution is -2.26. The third-order valence-electron chi connectivity index (χ3n) is 2.15. The normalized spacial score (nSPS) is 10.4. The van der Waals surface area contributed by atoms with Crippen LogP contribution in [-0.4, -0.2) is 27.0 Å². The molecule has 1 aromatic rings. The van der Waals surface area contributed by atoms with Gasteiger partial charge in [0.1, 0.15) is 5.82 Å². The van der Waals surface area contributed by atoms with Gasteiger partial charge in [0.2, 0.25) is 5.91 Å². The molecule has 1 rings (SSSR count). The molecule has 0 fully saturated rings. The van der Waals surface area contributed by atoms with Crippen molar-refractivity contribution in [3.8, 4) is 0 Å². The summed E-state index contributed by atoms with van der Waals surface area (Å²) in [5.74, 6) is 2.51. The first-order valence-electron chi connectivity index (χ1n) is 5.62. The van der Waals surface area contributed by atoms with Crippen LogP contribution in [0.25, 0.3) is 0 Å². The predicted molar refractivity (Wildman–Crippen MR) is 67.4 cm³/mol. The number of aromatic nitrogens is 2. The fourth-order valence-corrected chi connectivity index (χ4v) is 1.87. The molecule has 0 atom stereocenters. The quantitative estimate of drug-likeness (QED) is 0.790. The Hall–Kier alpha value is -0.970. The Kier molecular flexibility index (Phi) is 6.00. The molecule has 90 valence electrons. The van der Waals surface area contributed by atoms with Crippen LogP contribution in [-0.2, 0) is 17.9 Å². The van der Waals surface area contributed by atoms with Crippen molar-refractivity contribution in [3.05, 3.63) is 18.2 Å². The Morgan fingerprint density at radius 3 is 3.06 bits per heavy atom. The molecule has 0 unspecified atom stereocenters. The van der Waals surface area contributed by atoms with Crippen LogP contribution in [0, 0.1) is 0 Å². The zero-order valence-corrected chi connectivity index (χ0v) is 10.7. The maximum atomic E-state index is 11.4. The zero-order chi connectivity index (χ0) is 11.8. The predicted octanol–water partition coefficient (Wildman–Crippen LogP) is 1.66. The fourth-order valence-electron chi connectivity index (χ4n) is 1.38. The first-order chi connectivity index (χ1) is 7.77. The van der Waals surface area contributed by atoms with Crippen LogP contribution in [0.2, 0.25) is 0 Å². The molecular formula is C11H19N3OS. The van der Waals surface area contributed by atoms with Crippen molar-refractivity contribution in [2.24, 2.45) is 0 Å². The Balaban J connectivity index is 2.35. The van der Waals surface area contributed by atoms with Gasteiger partial charge in [-0.3, -0.25) is 4.79 Å². The van der Waals surface area contributed by atoms with E-state index in [2.05, 4.69) is 21.8 Å². The molecule has 1 amide bonds. The first kappa shape index (κ1) is 13.1. The van der Waals surface area contributed by atoms with Crippen LogP contribution in [0.3, 0.4) is 0 Å². The lowest BCUT2D eigenvalue weighted by atomic mass is 10.4. The third-order valence-corrected chi connectivity index (χ3v) is 3.02. The maximum Gasteiger partial charge on any atom is 0.230 e. The molecule has 4 nitrogen and oxygen atoms in total. The van der Waals surface area contributed by atoms with Crippen LogP contribution < -0.4 is 5.32 Å². The van der Waals surface area contributed by atoms with Gasteiger partial charge in [0, 0.05) is 18.9 Å². The molecule has 0 aromatic carbocycles. The molecule has 1 aromatic heterocycles. The fraction of sp³-hybridized carbons (Fsp3) is 0.636. The summed E-state index contributed by atoms with van der Waals surface area (Å²) in [7, 11) is 0. The highest BCUT2D eigenvalue weighted by Gasteiger charge is 2.04. The Bertz CT molecular complexity index is 325. The van der Waals surface area contributed by atoms with Gasteiger partial charge in [0.25, 0.3) is 0 Å². The standard InChI is InChI=1S/C11H19N3OS/c1-3-6-14-7-5-12-10(14)8-13-11(15)9-16-4-2/h5,7H,3-4,6,8-9H2,1-2H3,(H,13,15). The van der Waals surface area contributed by atoms with Gasteiger partial charge in [0.15, 0.2) is 0 Å². The van der Waals surface area contributed by atoms with E-state index in [-0.39, 0.29) is 5.91 Å². The number of hydrogen-bond donors (Lipinski definition) is 1. The summed E-state index contributed by atoms with van der Waals surface area (Å²) < 4.78 is 2.08. The number of rotatable bonds is 7. The highest BCUT2D eigenvalue weighted by Crippen LogP contribution is 2.00. The van der Waals surface area contributed by atoms with Crippen molar-refractivity contribution in [2.75, 3.05) is 11.5 Å². The van der Waals surface area contributed by atoms with Crippen molar-refractivity contribution in [3.63, 3.8) is 0 Å². The number of aryl methyl sites for hydroxylation is 1. The van der Waals surface area contributed by atoms with E-state index in [1.807, 2.05) is 13.1 Å². The van der Waals surface area contributed by atoms with E-state index >= 15 is 0 Å². The minimum atomic E-state index is 0.0814. The van der Waals surface area contributed by atoms with Crippen LogP contribution in [0.15, 0.2) is 12.4 Å². The number of carbonyl (C=O) groups excluding carboxylic acids is 1. The number of amides is 1. The minimum absolute atomic E-state index is 0.0814. The summed E-state index contributed by atoms with van der Waals surface area (Å²) in [5, 5.41) is 2.88. The average Bonchev–Trinajstić information content (AvgIpc) is 2.72. The van der Waals surface area contributed by atoms with Gasteiger partial charge in [0.05, 0.1) is 12.3 Å². The lowest BCUT2D eigenvalue weighted by Gasteiger charge is -2.07. The van der Waals surface area contributed by atoms with Crippen molar-refractivity contribution < 1.29 is 4.79 Å². The van der Waals surface area contributed by atoms with Gasteiger partial charge in [-0.25, -0.2) is 4.98 Å². The minimum Gasteiger partial charge on any atom is -0.348 e. The number of thioether (sulfide) groups is 1. The Labute approximate surface area is 101 Å². The molecule has 0 radical (unpaired) electrons. The molecule has 0 aliphatic rings. The summed E-state index contributed by atoms with van der Waals surface area (Å²) >= 11 is 1.63. The van der Waals surface area contributed by atoms with Crippen LogP contribution >= 0.6 is 11.8 Å². The molecule has 0 saturated heterocycles. The van der Waals surface area contributed by atoms with E-state index in [0.29, 0.717) is 12.3 Å². The SMILES string of the molecule is CCCn1ccnc1CNC(=O)CSCC. The maximum absolute atomic E-state index is 11.4. The van der Waals surface area contributed by atoms with E-state index < -0.39 is 0 Å². The van der Waals surface area contributed by atoms with E-state index in [1.165, 1.54) is 0 Å². The van der Waals surface area contributed by atoms with Gasteiger partial charge in [-0.1, -0.05) is 13.8 Å². The number of imidazole rings is 1. The second-order valence-corrected chi connectivity index (χ2v) is 4.73. The molecule has 1 N–H and O–H groups in total. The van der Waals surface area contributed by atoms with Crippen LogP contribution in [0.4, 0.5) is 0 Å². The van der Waals surface area contributed by atoms with Crippen molar-refractivity contribution in [2.45, 2.75) is 33.4 Å². The summed E-state index contributed by atoms with van der Waals surface area (Å²) in [4.78, 5) is 15.6.